The van der Waals surface area contributed by atoms with E-state index < -0.39 is 18.0 Å². The summed E-state index contributed by atoms with van der Waals surface area (Å²) in [7, 11) is 2.09. The summed E-state index contributed by atoms with van der Waals surface area (Å²) in [5, 5.41) is 3.14. The lowest BCUT2D eigenvalue weighted by atomic mass is 10.1. The zero-order valence-electron chi connectivity index (χ0n) is 24.2. The average molecular weight is 596 g/mol. The number of amides is 2. The zero-order chi connectivity index (χ0) is 30.2. The topological polar surface area (TPSA) is 112 Å². The van der Waals surface area contributed by atoms with Gasteiger partial charge in [-0.1, -0.05) is 0 Å². The Kier molecular flexibility index (Phi) is 10.6. The fourth-order valence-electron chi connectivity index (χ4n) is 4.90. The van der Waals surface area contributed by atoms with Crippen molar-refractivity contribution in [1.29, 1.82) is 0 Å². The van der Waals surface area contributed by atoms with Crippen LogP contribution < -0.4 is 10.2 Å². The Bertz CT molecular complexity index is 1290. The average Bonchev–Trinajstić information content (AvgIpc) is 3.21. The number of nitrogens with zero attached hydrogens (tertiary/aromatic N) is 4. The molecule has 2 heterocycles. The number of ether oxygens (including phenoxy) is 2. The third-order valence-electron chi connectivity index (χ3n) is 7.27. The highest BCUT2D eigenvalue weighted by atomic mass is 32.1. The highest BCUT2D eigenvalue weighted by Gasteiger charge is 2.44. The van der Waals surface area contributed by atoms with Gasteiger partial charge in [-0.2, -0.15) is 0 Å². The predicted molar refractivity (Wildman–Crippen MR) is 163 cm³/mol. The molecule has 1 unspecified atom stereocenters. The van der Waals surface area contributed by atoms with Crippen molar-refractivity contribution in [2.24, 2.45) is 0 Å². The summed E-state index contributed by atoms with van der Waals surface area (Å²) < 4.78 is 10.1. The van der Waals surface area contributed by atoms with Crippen LogP contribution in [0.3, 0.4) is 0 Å². The van der Waals surface area contributed by atoms with Crippen LogP contribution >= 0.6 is 12.2 Å². The van der Waals surface area contributed by atoms with Gasteiger partial charge in [0.05, 0.1) is 36.4 Å². The number of anilines is 2. The summed E-state index contributed by atoms with van der Waals surface area (Å²) in [6.07, 6.45) is -0.112. The molecule has 4 rings (SSSR count). The second-order valence-corrected chi connectivity index (χ2v) is 10.5. The number of piperazine rings is 1. The molecule has 2 aromatic carbocycles. The molecule has 2 aliphatic rings. The molecule has 42 heavy (non-hydrogen) atoms. The van der Waals surface area contributed by atoms with E-state index in [9.17, 15) is 19.2 Å². The summed E-state index contributed by atoms with van der Waals surface area (Å²) in [6, 6.07) is 12.1. The highest BCUT2D eigenvalue weighted by Crippen LogP contribution is 2.28. The van der Waals surface area contributed by atoms with Crippen LogP contribution in [0.15, 0.2) is 48.5 Å². The third kappa shape index (κ3) is 7.50. The summed E-state index contributed by atoms with van der Waals surface area (Å²) >= 11 is 5.79. The quantitative estimate of drug-likeness (QED) is 0.307. The SMILES string of the molecule is CCOC(=O)c1ccc(NC(=O)CC2C(=O)N(c3ccc(C(=O)OCC)cc3)C(=S)N2CCN2CCN(C)CC2)cc1. The van der Waals surface area contributed by atoms with Crippen LogP contribution in [0, 0.1) is 0 Å². The lowest BCUT2D eigenvalue weighted by Crippen LogP contribution is -2.48. The van der Waals surface area contributed by atoms with Crippen molar-refractivity contribution in [2.45, 2.75) is 26.3 Å². The Balaban J connectivity index is 1.49. The minimum atomic E-state index is -0.798. The van der Waals surface area contributed by atoms with Gasteiger partial charge in [0.15, 0.2) is 5.11 Å². The first-order valence-electron chi connectivity index (χ1n) is 14.1. The number of rotatable bonds is 11. The van der Waals surface area contributed by atoms with Crippen molar-refractivity contribution in [3.05, 3.63) is 59.7 Å². The summed E-state index contributed by atoms with van der Waals surface area (Å²) in [5.41, 5.74) is 1.76. The number of carbonyl (C=O) groups excluding carboxylic acids is 4. The smallest absolute Gasteiger partial charge is 0.338 e. The van der Waals surface area contributed by atoms with Gasteiger partial charge in [0, 0.05) is 45.0 Å². The summed E-state index contributed by atoms with van der Waals surface area (Å²) in [5.74, 6) is -1.55. The van der Waals surface area contributed by atoms with E-state index in [1.165, 1.54) is 4.90 Å². The summed E-state index contributed by atoms with van der Waals surface area (Å²) in [4.78, 5) is 58.8. The minimum Gasteiger partial charge on any atom is -0.462 e. The molecule has 1 atom stereocenters. The number of benzene rings is 2. The maximum atomic E-state index is 13.8. The van der Waals surface area contributed by atoms with Crippen LogP contribution in [0.25, 0.3) is 0 Å². The number of nitrogens with one attached hydrogen (secondary N) is 1. The number of hydrogen-bond acceptors (Lipinski definition) is 9. The van der Waals surface area contributed by atoms with Gasteiger partial charge < -0.3 is 24.6 Å². The number of thiocarbonyl (C=S) groups is 1. The molecule has 0 saturated carbocycles. The Hall–Kier alpha value is -3.87. The van der Waals surface area contributed by atoms with E-state index in [0.717, 1.165) is 26.2 Å². The fourth-order valence-corrected chi connectivity index (χ4v) is 5.31. The van der Waals surface area contributed by atoms with Crippen molar-refractivity contribution >= 4 is 52.5 Å². The largest absolute Gasteiger partial charge is 0.462 e. The molecular formula is C30H37N5O6S. The Morgan fingerprint density at radius 1 is 0.857 bits per heavy atom. The second-order valence-electron chi connectivity index (χ2n) is 10.1. The molecule has 0 aromatic heterocycles. The minimum absolute atomic E-state index is 0.112. The van der Waals surface area contributed by atoms with Crippen LogP contribution in [0.5, 0.6) is 0 Å². The first-order chi connectivity index (χ1) is 20.2. The molecule has 0 bridgehead atoms. The van der Waals surface area contributed by atoms with Crippen LogP contribution in [-0.4, -0.2) is 109 Å². The van der Waals surface area contributed by atoms with Gasteiger partial charge in [-0.05, 0) is 81.6 Å². The number of carbonyl (C=O) groups is 4. The maximum Gasteiger partial charge on any atom is 0.338 e. The van der Waals surface area contributed by atoms with Crippen molar-refractivity contribution in [3.8, 4) is 0 Å². The molecule has 12 heteroatoms. The van der Waals surface area contributed by atoms with Gasteiger partial charge in [-0.25, -0.2) is 9.59 Å². The first-order valence-corrected chi connectivity index (χ1v) is 14.5. The van der Waals surface area contributed by atoms with E-state index in [4.69, 9.17) is 21.7 Å². The van der Waals surface area contributed by atoms with Crippen molar-refractivity contribution in [2.75, 3.05) is 69.7 Å². The van der Waals surface area contributed by atoms with E-state index in [0.29, 0.717) is 40.7 Å². The lowest BCUT2D eigenvalue weighted by molar-refractivity contribution is -0.124. The molecule has 2 amide bonds. The third-order valence-corrected chi connectivity index (χ3v) is 7.68. The highest BCUT2D eigenvalue weighted by molar-refractivity contribution is 7.80. The Labute approximate surface area is 251 Å². The molecule has 2 aliphatic heterocycles. The molecule has 1 N–H and O–H groups in total. The monoisotopic (exact) mass is 595 g/mol. The van der Waals surface area contributed by atoms with Crippen LogP contribution in [0.4, 0.5) is 11.4 Å². The van der Waals surface area contributed by atoms with Crippen LogP contribution in [-0.2, 0) is 19.1 Å². The zero-order valence-corrected chi connectivity index (χ0v) is 25.0. The molecule has 0 spiro atoms. The van der Waals surface area contributed by atoms with Gasteiger partial charge in [-0.3, -0.25) is 19.4 Å². The van der Waals surface area contributed by atoms with Crippen LogP contribution in [0.2, 0.25) is 0 Å². The standard InChI is InChI=1S/C30H37N5O6S/c1-4-40-28(38)21-6-10-23(11-7-21)31-26(36)20-25-27(37)35(24-12-8-22(9-13-24)29(39)41-5-2)30(42)34(25)19-18-33-16-14-32(3)15-17-33/h6-13,25H,4-5,14-20H2,1-3H3,(H,31,36). The van der Waals surface area contributed by atoms with E-state index in [1.807, 2.05) is 4.90 Å². The van der Waals surface area contributed by atoms with Gasteiger partial charge in [0.2, 0.25) is 5.91 Å². The molecular weight excluding hydrogens is 558 g/mol. The maximum absolute atomic E-state index is 13.8. The molecule has 2 fully saturated rings. The fraction of sp³-hybridized carbons (Fsp3) is 0.433. The van der Waals surface area contributed by atoms with Gasteiger partial charge >= 0.3 is 11.9 Å². The molecule has 0 radical (unpaired) electrons. The number of hydrogen-bond donors (Lipinski definition) is 1. The van der Waals surface area contributed by atoms with Crippen LogP contribution in [0.1, 0.15) is 41.0 Å². The number of likely N-dealkylation sites (N-methyl/N-ethyl adjacent to an activating group) is 1. The van der Waals surface area contributed by atoms with E-state index >= 15 is 0 Å². The summed E-state index contributed by atoms with van der Waals surface area (Å²) in [6.45, 7) is 8.93. The Morgan fingerprint density at radius 2 is 1.40 bits per heavy atom. The molecule has 2 saturated heterocycles. The van der Waals surface area contributed by atoms with Crippen molar-refractivity contribution in [3.63, 3.8) is 0 Å². The predicted octanol–water partition coefficient (Wildman–Crippen LogP) is 2.62. The molecule has 0 aliphatic carbocycles. The van der Waals surface area contributed by atoms with E-state index in [2.05, 4.69) is 22.2 Å². The van der Waals surface area contributed by atoms with Gasteiger partial charge in [0.25, 0.3) is 5.91 Å². The second kappa shape index (κ2) is 14.3. The van der Waals surface area contributed by atoms with E-state index in [1.54, 1.807) is 62.4 Å². The van der Waals surface area contributed by atoms with Crippen molar-refractivity contribution in [1.82, 2.24) is 14.7 Å². The van der Waals surface area contributed by atoms with Gasteiger partial charge in [0.1, 0.15) is 6.04 Å². The van der Waals surface area contributed by atoms with Gasteiger partial charge in [-0.15, -0.1) is 0 Å². The molecule has 11 nitrogen and oxygen atoms in total. The Morgan fingerprint density at radius 3 is 1.95 bits per heavy atom. The first kappa shape index (κ1) is 31.1. The number of esters is 2. The molecule has 224 valence electrons. The van der Waals surface area contributed by atoms with Crippen molar-refractivity contribution < 1.29 is 28.7 Å². The molecule has 2 aromatic rings. The lowest BCUT2D eigenvalue weighted by Gasteiger charge is -2.34. The normalized spacial score (nSPS) is 17.8. The van der Waals surface area contributed by atoms with E-state index in [-0.39, 0.29) is 31.4 Å².